The molecule has 18 heavy (non-hydrogen) atoms. The Hall–Kier alpha value is -1.45. The van der Waals surface area contributed by atoms with Crippen LogP contribution >= 0.6 is 0 Å². The molecule has 0 saturated carbocycles. The second-order valence-corrected chi connectivity index (χ2v) is 4.17. The lowest BCUT2D eigenvalue weighted by atomic mass is 10.2. The van der Waals surface area contributed by atoms with Crippen LogP contribution in [0, 0.1) is 0 Å². The van der Waals surface area contributed by atoms with Gasteiger partial charge < -0.3 is 5.32 Å². The van der Waals surface area contributed by atoms with Gasteiger partial charge in [0.2, 0.25) is 0 Å². The second-order valence-electron chi connectivity index (χ2n) is 4.17. The van der Waals surface area contributed by atoms with Gasteiger partial charge in [0.15, 0.2) is 0 Å². The van der Waals surface area contributed by atoms with Crippen molar-refractivity contribution in [1.29, 1.82) is 0 Å². The van der Waals surface area contributed by atoms with Crippen LogP contribution in [0.3, 0.4) is 0 Å². The highest BCUT2D eigenvalue weighted by atomic mass is 15.1. The largest absolute Gasteiger partial charge is 0.311 e. The lowest BCUT2D eigenvalue weighted by Gasteiger charge is -2.18. The fourth-order valence-electron chi connectivity index (χ4n) is 1.77. The first-order chi connectivity index (χ1) is 8.80. The van der Waals surface area contributed by atoms with Crippen molar-refractivity contribution in [3.05, 3.63) is 54.9 Å². The molecule has 1 N–H and O–H groups in total. The summed E-state index contributed by atoms with van der Waals surface area (Å²) in [7, 11) is 0. The van der Waals surface area contributed by atoms with Gasteiger partial charge >= 0.3 is 0 Å². The number of rotatable bonds is 9. The molecule has 1 heterocycles. The quantitative estimate of drug-likeness (QED) is 0.677. The van der Waals surface area contributed by atoms with Crippen LogP contribution in [0.5, 0.6) is 0 Å². The van der Waals surface area contributed by atoms with Gasteiger partial charge in [-0.3, -0.25) is 9.88 Å². The average Bonchev–Trinajstić information content (AvgIpc) is 2.37. The Kier molecular flexibility index (Phi) is 6.99. The molecule has 0 saturated heterocycles. The van der Waals surface area contributed by atoms with E-state index in [0.717, 1.165) is 44.1 Å². The zero-order chi connectivity index (χ0) is 13.2. The fraction of sp³-hybridized carbons (Fsp3) is 0.400. The molecule has 98 valence electrons. The molecule has 0 amide bonds. The van der Waals surface area contributed by atoms with Crippen molar-refractivity contribution >= 4 is 0 Å². The van der Waals surface area contributed by atoms with E-state index in [2.05, 4.69) is 53.5 Å². The van der Waals surface area contributed by atoms with Crippen LogP contribution in [0.2, 0.25) is 0 Å². The number of aromatic nitrogens is 1. The van der Waals surface area contributed by atoms with Crippen molar-refractivity contribution in [3.8, 4) is 0 Å². The predicted molar refractivity (Wildman–Crippen MR) is 77.3 cm³/mol. The van der Waals surface area contributed by atoms with Crippen molar-refractivity contribution in [2.24, 2.45) is 0 Å². The van der Waals surface area contributed by atoms with E-state index in [1.165, 1.54) is 0 Å². The smallest absolute Gasteiger partial charge is 0.0548 e. The van der Waals surface area contributed by atoms with Crippen LogP contribution in [-0.4, -0.2) is 29.5 Å². The van der Waals surface area contributed by atoms with Crippen molar-refractivity contribution < 1.29 is 0 Å². The first-order valence-corrected chi connectivity index (χ1v) is 6.39. The second kappa shape index (κ2) is 8.61. The van der Waals surface area contributed by atoms with Crippen molar-refractivity contribution in [3.63, 3.8) is 0 Å². The summed E-state index contributed by atoms with van der Waals surface area (Å²) >= 11 is 0. The third-order valence-corrected chi connectivity index (χ3v) is 2.58. The zero-order valence-corrected chi connectivity index (χ0v) is 11.2. The highest BCUT2D eigenvalue weighted by molar-refractivity contribution is 5.11. The summed E-state index contributed by atoms with van der Waals surface area (Å²) in [5.41, 5.74) is 2.18. The van der Waals surface area contributed by atoms with E-state index >= 15 is 0 Å². The van der Waals surface area contributed by atoms with Gasteiger partial charge in [0.25, 0.3) is 0 Å². The van der Waals surface area contributed by atoms with Crippen LogP contribution in [0.15, 0.2) is 43.5 Å². The molecule has 0 aromatic carbocycles. The van der Waals surface area contributed by atoms with Crippen molar-refractivity contribution in [2.75, 3.05) is 19.6 Å². The van der Waals surface area contributed by atoms with Crippen LogP contribution < -0.4 is 5.32 Å². The number of hydrogen-bond acceptors (Lipinski definition) is 3. The van der Waals surface area contributed by atoms with E-state index in [4.69, 9.17) is 0 Å². The molecule has 3 nitrogen and oxygen atoms in total. The third-order valence-electron chi connectivity index (χ3n) is 2.58. The lowest BCUT2D eigenvalue weighted by Crippen LogP contribution is -2.24. The molecule has 0 bridgehead atoms. The summed E-state index contributed by atoms with van der Waals surface area (Å²) < 4.78 is 0. The topological polar surface area (TPSA) is 28.2 Å². The molecular weight excluding hydrogens is 222 g/mol. The van der Waals surface area contributed by atoms with Crippen LogP contribution in [0.25, 0.3) is 0 Å². The van der Waals surface area contributed by atoms with E-state index in [9.17, 15) is 0 Å². The molecule has 0 radical (unpaired) electrons. The Bertz CT molecular complexity index is 364. The number of nitrogens with one attached hydrogen (secondary N) is 1. The molecule has 1 aromatic rings. The van der Waals surface area contributed by atoms with Crippen LogP contribution in [0.4, 0.5) is 0 Å². The van der Waals surface area contributed by atoms with E-state index < -0.39 is 0 Å². The van der Waals surface area contributed by atoms with E-state index in [1.807, 2.05) is 12.2 Å². The van der Waals surface area contributed by atoms with Crippen molar-refractivity contribution in [2.45, 2.75) is 20.0 Å². The Balaban J connectivity index is 2.63. The highest BCUT2D eigenvalue weighted by Gasteiger charge is 2.04. The molecular formula is C15H23N3. The van der Waals surface area contributed by atoms with E-state index in [0.29, 0.717) is 0 Å². The van der Waals surface area contributed by atoms with E-state index in [-0.39, 0.29) is 0 Å². The standard InChI is InChI=1S/C15H23N3/c1-4-10-18(11-5-2)13-15-9-7-8-14(17-15)12-16-6-3/h4-5,7-9,16H,1-2,6,10-13H2,3H3. The third kappa shape index (κ3) is 5.25. The lowest BCUT2D eigenvalue weighted by molar-refractivity contribution is 0.323. The Morgan fingerprint density at radius 1 is 1.22 bits per heavy atom. The number of nitrogens with zero attached hydrogens (tertiary/aromatic N) is 2. The van der Waals surface area contributed by atoms with Gasteiger partial charge in [0.05, 0.1) is 11.4 Å². The van der Waals surface area contributed by atoms with E-state index in [1.54, 1.807) is 0 Å². The molecule has 0 aliphatic rings. The van der Waals surface area contributed by atoms with Gasteiger partial charge in [-0.2, -0.15) is 0 Å². The highest BCUT2D eigenvalue weighted by Crippen LogP contribution is 2.04. The van der Waals surface area contributed by atoms with Gasteiger partial charge in [-0.25, -0.2) is 0 Å². The minimum atomic E-state index is 0.827. The molecule has 0 unspecified atom stereocenters. The number of pyridine rings is 1. The Labute approximate surface area is 110 Å². The van der Waals surface area contributed by atoms with Gasteiger partial charge in [-0.15, -0.1) is 13.2 Å². The first-order valence-electron chi connectivity index (χ1n) is 6.39. The number of hydrogen-bond donors (Lipinski definition) is 1. The first kappa shape index (κ1) is 14.6. The summed E-state index contributed by atoms with van der Waals surface area (Å²) in [6, 6.07) is 6.18. The Morgan fingerprint density at radius 3 is 2.50 bits per heavy atom. The normalized spacial score (nSPS) is 10.6. The fourth-order valence-corrected chi connectivity index (χ4v) is 1.77. The Morgan fingerprint density at radius 2 is 1.89 bits per heavy atom. The molecule has 0 fully saturated rings. The van der Waals surface area contributed by atoms with Crippen LogP contribution in [0.1, 0.15) is 18.3 Å². The SMILES string of the molecule is C=CCN(CC=C)Cc1cccc(CNCC)n1. The summed E-state index contributed by atoms with van der Waals surface area (Å²) in [5, 5.41) is 3.29. The maximum Gasteiger partial charge on any atom is 0.0548 e. The monoisotopic (exact) mass is 245 g/mol. The molecule has 0 spiro atoms. The van der Waals surface area contributed by atoms with Gasteiger partial charge in [-0.05, 0) is 18.7 Å². The summed E-state index contributed by atoms with van der Waals surface area (Å²) in [6.07, 6.45) is 3.82. The maximum absolute atomic E-state index is 4.64. The molecule has 3 heteroatoms. The summed E-state index contributed by atoms with van der Waals surface area (Å²) in [4.78, 5) is 6.89. The molecule has 0 aliphatic carbocycles. The maximum atomic E-state index is 4.64. The minimum Gasteiger partial charge on any atom is -0.311 e. The van der Waals surface area contributed by atoms with Gasteiger partial charge in [0, 0.05) is 26.2 Å². The average molecular weight is 245 g/mol. The van der Waals surface area contributed by atoms with Gasteiger partial charge in [0.1, 0.15) is 0 Å². The molecule has 1 rings (SSSR count). The zero-order valence-electron chi connectivity index (χ0n) is 11.2. The predicted octanol–water partition coefficient (Wildman–Crippen LogP) is 2.37. The molecule has 1 aromatic heterocycles. The minimum absolute atomic E-state index is 0.827. The molecule has 0 aliphatic heterocycles. The van der Waals surface area contributed by atoms with Crippen molar-refractivity contribution in [1.82, 2.24) is 15.2 Å². The summed E-state index contributed by atoms with van der Waals surface area (Å²) in [5.74, 6) is 0. The molecule has 0 atom stereocenters. The summed E-state index contributed by atoms with van der Waals surface area (Å²) in [6.45, 7) is 14.0. The van der Waals surface area contributed by atoms with Gasteiger partial charge in [-0.1, -0.05) is 25.1 Å². The van der Waals surface area contributed by atoms with Crippen LogP contribution in [-0.2, 0) is 13.1 Å².